The molecule has 3 aliphatic rings. The number of amides is 1. The van der Waals surface area contributed by atoms with Gasteiger partial charge in [0.05, 0.1) is 5.92 Å². The summed E-state index contributed by atoms with van der Waals surface area (Å²) in [4.78, 5) is 20.4. The van der Waals surface area contributed by atoms with Crippen LogP contribution in [0.3, 0.4) is 0 Å². The van der Waals surface area contributed by atoms with Gasteiger partial charge in [-0.25, -0.2) is 13.2 Å². The quantitative estimate of drug-likeness (QED) is 0.607. The van der Waals surface area contributed by atoms with Crippen molar-refractivity contribution in [2.75, 3.05) is 37.6 Å². The second kappa shape index (κ2) is 9.16. The zero-order valence-corrected chi connectivity index (χ0v) is 20.7. The van der Waals surface area contributed by atoms with Crippen molar-refractivity contribution < 1.29 is 18.0 Å². The maximum Gasteiger partial charge on any atom is 0.227 e. The van der Waals surface area contributed by atoms with Crippen LogP contribution in [-0.2, 0) is 4.79 Å². The minimum atomic E-state index is -0.607. The summed E-state index contributed by atoms with van der Waals surface area (Å²) in [6.45, 7) is 9.28. The van der Waals surface area contributed by atoms with Crippen molar-refractivity contribution in [2.24, 2.45) is 11.8 Å². The first-order valence-corrected chi connectivity index (χ1v) is 12.6. The molecule has 2 heterocycles. The fraction of sp³-hybridized carbons (Fsp3) is 0.536. The van der Waals surface area contributed by atoms with Crippen LogP contribution in [0.15, 0.2) is 42.5 Å². The van der Waals surface area contributed by atoms with Crippen LogP contribution in [0, 0.1) is 29.3 Å². The van der Waals surface area contributed by atoms with E-state index in [1.54, 1.807) is 0 Å². The van der Waals surface area contributed by atoms with Crippen molar-refractivity contribution in [3.63, 3.8) is 0 Å². The molecule has 1 unspecified atom stereocenters. The molecule has 2 aromatic carbocycles. The van der Waals surface area contributed by atoms with Gasteiger partial charge in [-0.05, 0) is 75.4 Å². The van der Waals surface area contributed by atoms with Crippen LogP contribution >= 0.6 is 0 Å². The van der Waals surface area contributed by atoms with Crippen molar-refractivity contribution in [3.8, 4) is 0 Å². The van der Waals surface area contributed by atoms with E-state index < -0.39 is 11.6 Å². The SMILES string of the molecule is CC(C)(C)N1C[C@@H](C(=O)N2CCN(c3ccc(F)cc3)C(C3CC3)C2)[C@H](c2ccc(F)cc2F)C1. The molecule has 188 valence electrons. The van der Waals surface area contributed by atoms with Crippen LogP contribution < -0.4 is 4.90 Å². The molecule has 0 aromatic heterocycles. The molecule has 0 radical (unpaired) electrons. The van der Waals surface area contributed by atoms with E-state index in [2.05, 4.69) is 30.6 Å². The van der Waals surface area contributed by atoms with E-state index in [-0.39, 0.29) is 35.1 Å². The van der Waals surface area contributed by atoms with Gasteiger partial charge in [-0.15, -0.1) is 0 Å². The molecule has 4 nitrogen and oxygen atoms in total. The van der Waals surface area contributed by atoms with E-state index >= 15 is 0 Å². The molecular weight excluding hydrogens is 451 g/mol. The summed E-state index contributed by atoms with van der Waals surface area (Å²) in [5.41, 5.74) is 1.24. The fourth-order valence-corrected chi connectivity index (χ4v) is 5.80. The van der Waals surface area contributed by atoms with Crippen LogP contribution in [0.1, 0.15) is 45.1 Å². The van der Waals surface area contributed by atoms with E-state index in [0.717, 1.165) is 24.6 Å². The van der Waals surface area contributed by atoms with E-state index in [1.165, 1.54) is 24.3 Å². The molecule has 2 aromatic rings. The molecule has 3 fully saturated rings. The van der Waals surface area contributed by atoms with Gasteiger partial charge in [0.1, 0.15) is 17.5 Å². The lowest BCUT2D eigenvalue weighted by Gasteiger charge is -2.44. The van der Waals surface area contributed by atoms with Crippen molar-refractivity contribution in [1.82, 2.24) is 9.80 Å². The molecular formula is C28H34F3N3O. The summed E-state index contributed by atoms with van der Waals surface area (Å²) in [6.07, 6.45) is 2.27. The Bertz CT molecular complexity index is 1080. The molecule has 2 aliphatic heterocycles. The zero-order chi connectivity index (χ0) is 24.9. The van der Waals surface area contributed by atoms with Gasteiger partial charge in [0.2, 0.25) is 5.91 Å². The maximum atomic E-state index is 14.8. The standard InChI is InChI=1S/C28H34F3N3O/c1-28(2,3)33-15-23(22-11-8-20(30)14-25(22)31)24(16-33)27(35)32-12-13-34(26(17-32)18-4-5-18)21-9-6-19(29)7-10-21/h6-11,14,18,23-24,26H,4-5,12-13,15-17H2,1-3H3/t23-,24+,26?/m0/s1. The Morgan fingerprint density at radius 2 is 1.57 bits per heavy atom. The van der Waals surface area contributed by atoms with E-state index in [0.29, 0.717) is 44.2 Å². The third kappa shape index (κ3) is 4.92. The van der Waals surface area contributed by atoms with Crippen LogP contribution in [0.4, 0.5) is 18.9 Å². The van der Waals surface area contributed by atoms with Crippen LogP contribution in [0.2, 0.25) is 0 Å². The van der Waals surface area contributed by atoms with Gasteiger partial charge in [0.25, 0.3) is 0 Å². The molecule has 5 rings (SSSR count). The Labute approximate surface area is 205 Å². The number of carbonyl (C=O) groups is 1. The molecule has 2 saturated heterocycles. The molecule has 35 heavy (non-hydrogen) atoms. The third-order valence-corrected chi connectivity index (χ3v) is 8.00. The number of hydrogen-bond acceptors (Lipinski definition) is 3. The first-order chi connectivity index (χ1) is 16.6. The molecule has 1 amide bonds. The van der Waals surface area contributed by atoms with E-state index in [9.17, 15) is 18.0 Å². The minimum absolute atomic E-state index is 0.0508. The highest BCUT2D eigenvalue weighted by atomic mass is 19.1. The van der Waals surface area contributed by atoms with Crippen molar-refractivity contribution in [1.29, 1.82) is 0 Å². The average molecular weight is 486 g/mol. The number of likely N-dealkylation sites (tertiary alicyclic amines) is 1. The summed E-state index contributed by atoms with van der Waals surface area (Å²) < 4.78 is 41.9. The van der Waals surface area contributed by atoms with Gasteiger partial charge in [0.15, 0.2) is 0 Å². The molecule has 0 bridgehead atoms. The topological polar surface area (TPSA) is 26.8 Å². The van der Waals surface area contributed by atoms with Crippen LogP contribution in [0.5, 0.6) is 0 Å². The fourth-order valence-electron chi connectivity index (χ4n) is 5.80. The molecule has 0 N–H and O–H groups in total. The van der Waals surface area contributed by atoms with Crippen molar-refractivity contribution >= 4 is 11.6 Å². The van der Waals surface area contributed by atoms with Gasteiger partial charge in [-0.1, -0.05) is 6.07 Å². The molecule has 1 aliphatic carbocycles. The largest absolute Gasteiger partial charge is 0.365 e. The zero-order valence-electron chi connectivity index (χ0n) is 20.7. The molecule has 7 heteroatoms. The Balaban J connectivity index is 1.39. The maximum absolute atomic E-state index is 14.8. The van der Waals surface area contributed by atoms with Gasteiger partial charge in [-0.2, -0.15) is 0 Å². The highest BCUT2D eigenvalue weighted by Crippen LogP contribution is 2.41. The first kappa shape index (κ1) is 24.2. The summed E-state index contributed by atoms with van der Waals surface area (Å²) in [5.74, 6) is -1.58. The first-order valence-electron chi connectivity index (χ1n) is 12.6. The summed E-state index contributed by atoms with van der Waals surface area (Å²) in [5, 5.41) is 0. The highest BCUT2D eigenvalue weighted by Gasteiger charge is 2.46. The predicted octanol–water partition coefficient (Wildman–Crippen LogP) is 5.05. The summed E-state index contributed by atoms with van der Waals surface area (Å²) in [7, 11) is 0. The van der Waals surface area contributed by atoms with Crippen molar-refractivity contribution in [2.45, 2.75) is 51.1 Å². The van der Waals surface area contributed by atoms with E-state index in [1.807, 2.05) is 17.0 Å². The highest BCUT2D eigenvalue weighted by molar-refractivity contribution is 5.81. The normalized spacial score (nSPS) is 25.8. The number of rotatable bonds is 4. The van der Waals surface area contributed by atoms with Gasteiger partial charge in [-0.3, -0.25) is 9.69 Å². The smallest absolute Gasteiger partial charge is 0.227 e. The second-order valence-electron chi connectivity index (χ2n) is 11.3. The Morgan fingerprint density at radius 3 is 2.20 bits per heavy atom. The minimum Gasteiger partial charge on any atom is -0.365 e. The monoisotopic (exact) mass is 485 g/mol. The Hall–Kier alpha value is -2.54. The number of halogens is 3. The Morgan fingerprint density at radius 1 is 0.886 bits per heavy atom. The molecule has 3 atom stereocenters. The average Bonchev–Trinajstić information content (AvgIpc) is 3.56. The lowest BCUT2D eigenvalue weighted by atomic mass is 9.87. The third-order valence-electron chi connectivity index (χ3n) is 8.00. The molecule has 1 saturated carbocycles. The number of hydrogen-bond donors (Lipinski definition) is 0. The van der Waals surface area contributed by atoms with Gasteiger partial charge >= 0.3 is 0 Å². The Kier molecular flexibility index (Phi) is 6.32. The van der Waals surface area contributed by atoms with Gasteiger partial charge < -0.3 is 9.80 Å². The number of benzene rings is 2. The summed E-state index contributed by atoms with van der Waals surface area (Å²) >= 11 is 0. The molecule has 0 spiro atoms. The lowest BCUT2D eigenvalue weighted by Crippen LogP contribution is -2.57. The number of carbonyl (C=O) groups excluding carboxylic acids is 1. The number of piperazine rings is 1. The van der Waals surface area contributed by atoms with Crippen LogP contribution in [-0.4, -0.2) is 60.0 Å². The number of nitrogens with zero attached hydrogens (tertiary/aromatic N) is 3. The number of anilines is 1. The van der Waals surface area contributed by atoms with Gasteiger partial charge in [0, 0.05) is 62.0 Å². The second-order valence-corrected chi connectivity index (χ2v) is 11.3. The van der Waals surface area contributed by atoms with E-state index in [4.69, 9.17) is 0 Å². The lowest BCUT2D eigenvalue weighted by molar-refractivity contribution is -0.136. The predicted molar refractivity (Wildman–Crippen MR) is 131 cm³/mol. The van der Waals surface area contributed by atoms with Crippen molar-refractivity contribution in [3.05, 3.63) is 65.5 Å². The van der Waals surface area contributed by atoms with Crippen LogP contribution in [0.25, 0.3) is 0 Å². The summed E-state index contributed by atoms with van der Waals surface area (Å²) in [6, 6.07) is 10.5.